The van der Waals surface area contributed by atoms with Crippen molar-refractivity contribution in [3.8, 4) is 0 Å². The highest BCUT2D eigenvalue weighted by Gasteiger charge is 2.35. The number of hydrogen-bond acceptors (Lipinski definition) is 6. The lowest BCUT2D eigenvalue weighted by Crippen LogP contribution is -2.43. The third-order valence-electron chi connectivity index (χ3n) is 2.30. The van der Waals surface area contributed by atoms with Gasteiger partial charge in [-0.05, 0) is 12.8 Å². The van der Waals surface area contributed by atoms with Crippen LogP contribution >= 0.6 is 0 Å². The largest absolute Gasteiger partial charge is 0.359 e. The predicted octanol–water partition coefficient (Wildman–Crippen LogP) is -0.311. The molecule has 1 saturated heterocycles. The van der Waals surface area contributed by atoms with Crippen LogP contribution < -0.4 is 4.89 Å². The second kappa shape index (κ2) is 4.44. The van der Waals surface area contributed by atoms with Crippen LogP contribution in [-0.2, 0) is 34.3 Å². The molecule has 0 spiro atoms. The standard InChI is InChI=1S/C6H11NO6S2/c8-14-11-5-3-1-2-4-6(5)12-15(9,10)7-13-14/h5-7H,1-4H2. The molecule has 0 aromatic rings. The van der Waals surface area contributed by atoms with Gasteiger partial charge >= 0.3 is 21.7 Å². The van der Waals surface area contributed by atoms with Crippen LogP contribution in [0.25, 0.3) is 0 Å². The second-order valence-electron chi connectivity index (χ2n) is 3.38. The third kappa shape index (κ3) is 2.95. The summed E-state index contributed by atoms with van der Waals surface area (Å²) in [7, 11) is -3.99. The zero-order chi connectivity index (χ0) is 10.9. The van der Waals surface area contributed by atoms with E-state index in [1.54, 1.807) is 4.89 Å². The fourth-order valence-corrected chi connectivity index (χ4v) is 3.26. The lowest BCUT2D eigenvalue weighted by molar-refractivity contribution is 0.00877. The van der Waals surface area contributed by atoms with E-state index in [1.807, 2.05) is 0 Å². The Morgan fingerprint density at radius 2 is 1.87 bits per heavy atom. The van der Waals surface area contributed by atoms with Crippen LogP contribution in [-0.4, -0.2) is 24.8 Å². The molecule has 1 aliphatic heterocycles. The first kappa shape index (κ1) is 11.4. The summed E-state index contributed by atoms with van der Waals surface area (Å²) in [6.45, 7) is 0. The molecule has 3 atom stereocenters. The van der Waals surface area contributed by atoms with E-state index in [1.165, 1.54) is 0 Å². The van der Waals surface area contributed by atoms with Crippen molar-refractivity contribution in [2.45, 2.75) is 37.9 Å². The van der Waals surface area contributed by atoms with Crippen molar-refractivity contribution in [1.29, 1.82) is 0 Å². The minimum atomic E-state index is -3.99. The Balaban J connectivity index is 2.16. The average Bonchev–Trinajstić information content (AvgIpc) is 2.16. The molecule has 1 saturated carbocycles. The molecule has 88 valence electrons. The van der Waals surface area contributed by atoms with Gasteiger partial charge in [0.15, 0.2) is 0 Å². The first-order valence-electron chi connectivity index (χ1n) is 4.53. The fraction of sp³-hybridized carbons (Fsp3) is 1.00. The zero-order valence-electron chi connectivity index (χ0n) is 7.75. The Labute approximate surface area is 90.2 Å². The van der Waals surface area contributed by atoms with Gasteiger partial charge in [0.2, 0.25) is 0 Å². The first-order chi connectivity index (χ1) is 7.07. The summed E-state index contributed by atoms with van der Waals surface area (Å²) in [6, 6.07) is 0. The van der Waals surface area contributed by atoms with Crippen LogP contribution in [0.4, 0.5) is 0 Å². The van der Waals surface area contributed by atoms with Gasteiger partial charge in [-0.15, -0.1) is 0 Å². The molecule has 1 heterocycles. The summed E-state index contributed by atoms with van der Waals surface area (Å²) >= 11 is -2.10. The normalized spacial score (nSPS) is 41.2. The van der Waals surface area contributed by atoms with Gasteiger partial charge in [-0.2, -0.15) is 16.9 Å². The lowest BCUT2D eigenvalue weighted by Gasteiger charge is -2.30. The van der Waals surface area contributed by atoms with Crippen molar-refractivity contribution in [2.24, 2.45) is 0 Å². The second-order valence-corrected chi connectivity index (χ2v) is 5.41. The molecule has 3 unspecified atom stereocenters. The molecule has 0 aromatic heterocycles. The number of fused-ring (bicyclic) bond motifs is 1. The van der Waals surface area contributed by atoms with E-state index in [-0.39, 0.29) is 0 Å². The van der Waals surface area contributed by atoms with Gasteiger partial charge in [-0.1, -0.05) is 17.7 Å². The van der Waals surface area contributed by atoms with Crippen molar-refractivity contribution in [1.82, 2.24) is 4.89 Å². The molecule has 0 amide bonds. The first-order valence-corrected chi connectivity index (χ1v) is 6.94. The molecule has 2 rings (SSSR count). The average molecular weight is 257 g/mol. The predicted molar refractivity (Wildman–Crippen MR) is 49.5 cm³/mol. The summed E-state index contributed by atoms with van der Waals surface area (Å²) in [5, 5.41) is 0. The molecule has 0 bridgehead atoms. The highest BCUT2D eigenvalue weighted by Crippen LogP contribution is 2.26. The van der Waals surface area contributed by atoms with Crippen molar-refractivity contribution in [3.05, 3.63) is 0 Å². The van der Waals surface area contributed by atoms with E-state index in [9.17, 15) is 12.6 Å². The Morgan fingerprint density at radius 3 is 2.60 bits per heavy atom. The number of nitrogens with one attached hydrogen (secondary N) is 1. The summed E-state index contributed by atoms with van der Waals surface area (Å²) < 4.78 is 47.4. The van der Waals surface area contributed by atoms with Gasteiger partial charge in [-0.3, -0.25) is 8.37 Å². The maximum absolute atomic E-state index is 11.2. The minimum absolute atomic E-state index is 0.489. The molecule has 2 aliphatic rings. The molecule has 7 nitrogen and oxygen atoms in total. The summed E-state index contributed by atoms with van der Waals surface area (Å²) in [4.78, 5) is 1.57. The molecule has 0 aromatic carbocycles. The van der Waals surface area contributed by atoms with Gasteiger partial charge < -0.3 is 0 Å². The van der Waals surface area contributed by atoms with E-state index in [2.05, 4.69) is 4.28 Å². The van der Waals surface area contributed by atoms with Crippen molar-refractivity contribution < 1.29 is 25.3 Å². The van der Waals surface area contributed by atoms with Gasteiger partial charge in [-0.25, -0.2) is 0 Å². The van der Waals surface area contributed by atoms with Crippen LogP contribution in [0.5, 0.6) is 0 Å². The Hall–Kier alpha value is -0.0600. The van der Waals surface area contributed by atoms with Crippen LogP contribution in [0, 0.1) is 0 Å². The minimum Gasteiger partial charge on any atom is -0.261 e. The maximum Gasteiger partial charge on any atom is 0.359 e. The highest BCUT2D eigenvalue weighted by atomic mass is 32.2. The van der Waals surface area contributed by atoms with Gasteiger partial charge in [0, 0.05) is 0 Å². The SMILES string of the molecule is O=S1ONS(=O)(=O)OC2CCCCC2O1. The smallest absolute Gasteiger partial charge is 0.261 e. The molecule has 0 radical (unpaired) electrons. The quantitative estimate of drug-likeness (QED) is 0.640. The molecule has 15 heavy (non-hydrogen) atoms. The van der Waals surface area contributed by atoms with E-state index in [4.69, 9.17) is 8.37 Å². The lowest BCUT2D eigenvalue weighted by atomic mass is 9.95. The third-order valence-corrected chi connectivity index (χ3v) is 3.82. The molecule has 9 heteroatoms. The molecule has 1 aliphatic carbocycles. The molecule has 2 fully saturated rings. The Morgan fingerprint density at radius 1 is 1.20 bits per heavy atom. The van der Waals surface area contributed by atoms with E-state index in [0.29, 0.717) is 12.8 Å². The monoisotopic (exact) mass is 257 g/mol. The topological polar surface area (TPSA) is 90.9 Å². The molecule has 1 N–H and O–H groups in total. The van der Waals surface area contributed by atoms with Crippen molar-refractivity contribution in [3.63, 3.8) is 0 Å². The van der Waals surface area contributed by atoms with Crippen LogP contribution in [0.15, 0.2) is 0 Å². The highest BCUT2D eigenvalue weighted by molar-refractivity contribution is 7.85. The fourth-order valence-electron chi connectivity index (χ4n) is 1.66. The summed E-state index contributed by atoms with van der Waals surface area (Å²) in [5.41, 5.74) is 0. The van der Waals surface area contributed by atoms with E-state index in [0.717, 1.165) is 12.8 Å². The van der Waals surface area contributed by atoms with E-state index < -0.39 is 33.9 Å². The van der Waals surface area contributed by atoms with Crippen molar-refractivity contribution in [2.75, 3.05) is 0 Å². The number of rotatable bonds is 0. The van der Waals surface area contributed by atoms with E-state index >= 15 is 0 Å². The molecular weight excluding hydrogens is 246 g/mol. The van der Waals surface area contributed by atoms with Crippen molar-refractivity contribution >= 4 is 21.7 Å². The maximum atomic E-state index is 11.2. The Kier molecular flexibility index (Phi) is 3.38. The summed E-state index contributed by atoms with van der Waals surface area (Å²) in [5.74, 6) is 0. The zero-order valence-corrected chi connectivity index (χ0v) is 9.38. The molecular formula is C6H11NO6S2. The van der Waals surface area contributed by atoms with Crippen LogP contribution in [0.2, 0.25) is 0 Å². The number of hydrogen-bond donors (Lipinski definition) is 1. The Bertz CT molecular complexity index is 355. The van der Waals surface area contributed by atoms with Gasteiger partial charge in [0.05, 0.1) is 0 Å². The van der Waals surface area contributed by atoms with Crippen LogP contribution in [0.3, 0.4) is 0 Å². The van der Waals surface area contributed by atoms with Gasteiger partial charge in [0.25, 0.3) is 0 Å². The summed E-state index contributed by atoms with van der Waals surface area (Å²) in [6.07, 6.45) is 1.89. The van der Waals surface area contributed by atoms with Gasteiger partial charge in [0.1, 0.15) is 12.2 Å². The van der Waals surface area contributed by atoms with Crippen LogP contribution in [0.1, 0.15) is 25.7 Å².